The SMILES string of the molecule is Cc1ncc2c(c1-c1noc(Cc3ccc(C(C)C)cc3)n1)CCNC2. The maximum atomic E-state index is 5.54. The second-order valence-corrected chi connectivity index (χ2v) is 7.23. The first-order chi connectivity index (χ1) is 12.6. The van der Waals surface area contributed by atoms with Crippen molar-refractivity contribution in [2.45, 2.75) is 46.1 Å². The van der Waals surface area contributed by atoms with E-state index >= 15 is 0 Å². The van der Waals surface area contributed by atoms with Gasteiger partial charge in [0.05, 0.1) is 6.42 Å². The van der Waals surface area contributed by atoms with E-state index in [9.17, 15) is 0 Å². The van der Waals surface area contributed by atoms with E-state index in [1.54, 1.807) is 0 Å². The summed E-state index contributed by atoms with van der Waals surface area (Å²) in [6.45, 7) is 8.23. The molecular formula is C21H24N4O. The molecule has 4 rings (SSSR count). The largest absolute Gasteiger partial charge is 0.339 e. The minimum absolute atomic E-state index is 0.535. The van der Waals surface area contributed by atoms with E-state index in [-0.39, 0.29) is 0 Å². The molecule has 0 saturated heterocycles. The van der Waals surface area contributed by atoms with Gasteiger partial charge in [-0.05, 0) is 48.1 Å². The molecule has 0 radical (unpaired) electrons. The van der Waals surface area contributed by atoms with Gasteiger partial charge in [0.15, 0.2) is 0 Å². The topological polar surface area (TPSA) is 63.8 Å². The van der Waals surface area contributed by atoms with E-state index in [2.05, 4.69) is 58.6 Å². The zero-order valence-electron chi connectivity index (χ0n) is 15.5. The number of aryl methyl sites for hydroxylation is 1. The fourth-order valence-electron chi connectivity index (χ4n) is 3.49. The number of rotatable bonds is 4. The molecule has 26 heavy (non-hydrogen) atoms. The van der Waals surface area contributed by atoms with Crippen LogP contribution in [-0.2, 0) is 19.4 Å². The quantitative estimate of drug-likeness (QED) is 0.777. The van der Waals surface area contributed by atoms with Crippen LogP contribution in [0.25, 0.3) is 11.4 Å². The van der Waals surface area contributed by atoms with Crippen LogP contribution >= 0.6 is 0 Å². The van der Waals surface area contributed by atoms with E-state index in [0.717, 1.165) is 30.8 Å². The first-order valence-electron chi connectivity index (χ1n) is 9.21. The summed E-state index contributed by atoms with van der Waals surface area (Å²) in [6.07, 6.45) is 3.57. The van der Waals surface area contributed by atoms with Crippen molar-refractivity contribution in [2.24, 2.45) is 0 Å². The lowest BCUT2D eigenvalue weighted by Gasteiger charge is -2.19. The van der Waals surface area contributed by atoms with Gasteiger partial charge in [0.25, 0.3) is 0 Å². The summed E-state index contributed by atoms with van der Waals surface area (Å²) >= 11 is 0. The molecule has 5 heteroatoms. The number of fused-ring (bicyclic) bond motifs is 1. The minimum Gasteiger partial charge on any atom is -0.339 e. The Kier molecular flexibility index (Phi) is 4.55. The zero-order valence-corrected chi connectivity index (χ0v) is 15.5. The van der Waals surface area contributed by atoms with Gasteiger partial charge in [-0.15, -0.1) is 0 Å². The molecule has 0 aliphatic carbocycles. The third kappa shape index (κ3) is 3.27. The van der Waals surface area contributed by atoms with Gasteiger partial charge in [0.1, 0.15) is 0 Å². The number of aromatic nitrogens is 3. The van der Waals surface area contributed by atoms with Crippen LogP contribution in [-0.4, -0.2) is 21.7 Å². The van der Waals surface area contributed by atoms with Gasteiger partial charge in [-0.1, -0.05) is 43.3 Å². The highest BCUT2D eigenvalue weighted by Gasteiger charge is 2.21. The van der Waals surface area contributed by atoms with Crippen molar-refractivity contribution in [1.82, 2.24) is 20.4 Å². The molecule has 2 aromatic heterocycles. The fourth-order valence-corrected chi connectivity index (χ4v) is 3.49. The second-order valence-electron chi connectivity index (χ2n) is 7.23. The zero-order chi connectivity index (χ0) is 18.1. The molecule has 1 aliphatic rings. The number of nitrogens with one attached hydrogen (secondary N) is 1. The van der Waals surface area contributed by atoms with Crippen LogP contribution in [0.15, 0.2) is 35.0 Å². The van der Waals surface area contributed by atoms with Crippen LogP contribution in [0.2, 0.25) is 0 Å². The van der Waals surface area contributed by atoms with Gasteiger partial charge in [-0.2, -0.15) is 4.98 Å². The Balaban J connectivity index is 1.61. The van der Waals surface area contributed by atoms with Crippen molar-refractivity contribution >= 4 is 0 Å². The molecule has 1 aliphatic heterocycles. The molecule has 0 spiro atoms. The molecule has 3 heterocycles. The van der Waals surface area contributed by atoms with Gasteiger partial charge in [0.2, 0.25) is 11.7 Å². The normalized spacial score (nSPS) is 13.8. The number of hydrogen-bond donors (Lipinski definition) is 1. The third-order valence-electron chi connectivity index (χ3n) is 5.03. The average Bonchev–Trinajstić information content (AvgIpc) is 3.10. The Labute approximate surface area is 153 Å². The Hall–Kier alpha value is -2.53. The van der Waals surface area contributed by atoms with Crippen molar-refractivity contribution < 1.29 is 4.52 Å². The maximum absolute atomic E-state index is 5.54. The molecule has 0 saturated carbocycles. The van der Waals surface area contributed by atoms with Gasteiger partial charge in [-0.25, -0.2) is 0 Å². The minimum atomic E-state index is 0.535. The van der Waals surface area contributed by atoms with Crippen LogP contribution < -0.4 is 5.32 Å². The molecule has 0 fully saturated rings. The molecule has 134 valence electrons. The van der Waals surface area contributed by atoms with E-state index in [4.69, 9.17) is 4.52 Å². The number of hydrogen-bond acceptors (Lipinski definition) is 5. The first kappa shape index (κ1) is 16.9. The Bertz CT molecular complexity index is 912. The van der Waals surface area contributed by atoms with E-state index < -0.39 is 0 Å². The van der Waals surface area contributed by atoms with Crippen LogP contribution in [0.4, 0.5) is 0 Å². The van der Waals surface area contributed by atoms with Crippen molar-refractivity contribution in [1.29, 1.82) is 0 Å². The van der Waals surface area contributed by atoms with Crippen LogP contribution in [0, 0.1) is 6.92 Å². The van der Waals surface area contributed by atoms with E-state index in [0.29, 0.717) is 24.1 Å². The van der Waals surface area contributed by atoms with Crippen molar-refractivity contribution in [3.63, 3.8) is 0 Å². The first-order valence-corrected chi connectivity index (χ1v) is 9.21. The van der Waals surface area contributed by atoms with Gasteiger partial charge in [0, 0.05) is 24.0 Å². The molecule has 3 aromatic rings. The number of nitrogens with zero attached hydrogens (tertiary/aromatic N) is 3. The lowest BCUT2D eigenvalue weighted by molar-refractivity contribution is 0.385. The van der Waals surface area contributed by atoms with Gasteiger partial charge < -0.3 is 9.84 Å². The fraction of sp³-hybridized carbons (Fsp3) is 0.381. The highest BCUT2D eigenvalue weighted by atomic mass is 16.5. The maximum Gasteiger partial charge on any atom is 0.231 e. The average molecular weight is 348 g/mol. The molecule has 0 amide bonds. The smallest absolute Gasteiger partial charge is 0.231 e. The number of benzene rings is 1. The van der Waals surface area contributed by atoms with E-state index in [1.807, 2.05) is 13.1 Å². The Morgan fingerprint density at radius 3 is 2.77 bits per heavy atom. The summed E-state index contributed by atoms with van der Waals surface area (Å²) < 4.78 is 5.54. The van der Waals surface area contributed by atoms with Gasteiger partial charge in [-0.3, -0.25) is 4.98 Å². The number of pyridine rings is 1. The predicted molar refractivity (Wildman–Crippen MR) is 101 cm³/mol. The molecular weight excluding hydrogens is 324 g/mol. The summed E-state index contributed by atoms with van der Waals surface area (Å²) in [7, 11) is 0. The molecule has 0 atom stereocenters. The molecule has 1 N–H and O–H groups in total. The summed E-state index contributed by atoms with van der Waals surface area (Å²) in [5, 5.41) is 7.64. The summed E-state index contributed by atoms with van der Waals surface area (Å²) in [4.78, 5) is 9.19. The monoisotopic (exact) mass is 348 g/mol. The predicted octanol–water partition coefficient (Wildman–Crippen LogP) is 3.80. The van der Waals surface area contributed by atoms with E-state index in [1.165, 1.54) is 22.3 Å². The molecule has 0 bridgehead atoms. The lowest BCUT2D eigenvalue weighted by Crippen LogP contribution is -2.24. The third-order valence-corrected chi connectivity index (χ3v) is 5.03. The summed E-state index contributed by atoms with van der Waals surface area (Å²) in [5.41, 5.74) is 7.04. The second kappa shape index (κ2) is 7.00. The standard InChI is InChI=1S/C21H24N4O/c1-13(2)16-6-4-15(5-7-16)10-19-24-21(25-26-19)20-14(3)23-12-17-11-22-9-8-18(17)20/h4-7,12-13,22H,8-11H2,1-3H3. The lowest BCUT2D eigenvalue weighted by atomic mass is 9.95. The van der Waals surface area contributed by atoms with Crippen molar-refractivity contribution in [2.75, 3.05) is 6.54 Å². The van der Waals surface area contributed by atoms with Crippen LogP contribution in [0.3, 0.4) is 0 Å². The highest BCUT2D eigenvalue weighted by molar-refractivity contribution is 5.64. The van der Waals surface area contributed by atoms with Crippen molar-refractivity contribution in [3.8, 4) is 11.4 Å². The van der Waals surface area contributed by atoms with Crippen molar-refractivity contribution in [3.05, 3.63) is 64.3 Å². The summed E-state index contributed by atoms with van der Waals surface area (Å²) in [5.74, 6) is 1.83. The molecule has 1 aromatic carbocycles. The van der Waals surface area contributed by atoms with Gasteiger partial charge >= 0.3 is 0 Å². The van der Waals surface area contributed by atoms with Crippen LogP contribution in [0.1, 0.15) is 53.6 Å². The molecule has 0 unspecified atom stereocenters. The van der Waals surface area contributed by atoms with Crippen LogP contribution in [0.5, 0.6) is 0 Å². The Morgan fingerprint density at radius 2 is 2.00 bits per heavy atom. The summed E-state index contributed by atoms with van der Waals surface area (Å²) in [6, 6.07) is 8.63. The molecule has 5 nitrogen and oxygen atoms in total. The Morgan fingerprint density at radius 1 is 1.19 bits per heavy atom. The highest BCUT2D eigenvalue weighted by Crippen LogP contribution is 2.29.